The van der Waals surface area contributed by atoms with Gasteiger partial charge in [-0.25, -0.2) is 0 Å². The summed E-state index contributed by atoms with van der Waals surface area (Å²) in [5, 5.41) is 0. The van der Waals surface area contributed by atoms with Crippen molar-refractivity contribution >= 4 is 27.3 Å². The molecular weight excluding hydrogens is 715 g/mol. The van der Waals surface area contributed by atoms with Crippen LogP contribution in [-0.4, -0.2) is 27.3 Å². The van der Waals surface area contributed by atoms with E-state index in [-0.39, 0.29) is 123 Å². The van der Waals surface area contributed by atoms with Crippen LogP contribution in [0.4, 0.5) is 0 Å². The zero-order valence-electron chi connectivity index (χ0n) is 2.01. The van der Waals surface area contributed by atoms with Gasteiger partial charge in [-0.1, -0.05) is 0 Å². The van der Waals surface area contributed by atoms with E-state index in [1.165, 1.54) is 0 Å². The van der Waals surface area contributed by atoms with Crippen molar-refractivity contribution in [2.75, 3.05) is 0 Å². The van der Waals surface area contributed by atoms with Gasteiger partial charge in [0.2, 0.25) is 0 Å². The molecule has 0 rings (SSSR count). The third kappa shape index (κ3) is 18.1. The zero-order valence-corrected chi connectivity index (χ0v) is 14.5. The molecule has 0 spiro atoms. The van der Waals surface area contributed by atoms with Crippen molar-refractivity contribution in [2.24, 2.45) is 0 Å². The zero-order chi connectivity index (χ0) is 0. The van der Waals surface area contributed by atoms with Gasteiger partial charge in [-0.3, -0.25) is 0 Å². The molecule has 0 fully saturated rings. The number of hydrogen-bond acceptors (Lipinski definition) is 0. The maximum absolute atomic E-state index is 0. The van der Waals surface area contributed by atoms with Gasteiger partial charge in [-0.2, -0.15) is 0 Å². The van der Waals surface area contributed by atoms with Crippen LogP contribution >= 0.6 is 0 Å². The Labute approximate surface area is 120 Å². The van der Waals surface area contributed by atoms with Gasteiger partial charge in [0, 0.05) is 27.3 Å². The smallest absolute Gasteiger partial charge is 0 e. The maximum Gasteiger partial charge on any atom is 0 e. The summed E-state index contributed by atoms with van der Waals surface area (Å²) in [4.78, 5) is 0. The average molecular weight is 715 g/mol. The van der Waals surface area contributed by atoms with Crippen LogP contribution in [0.3, 0.4) is 0 Å². The molecule has 0 amide bonds. The van der Waals surface area contributed by atoms with Crippen LogP contribution in [0, 0.1) is 0 Å². The Morgan fingerprint density at radius 1 is 0.400 bits per heavy atom. The van der Waals surface area contributed by atoms with Gasteiger partial charge in [0.15, 0.2) is 0 Å². The minimum atomic E-state index is 0. The average Bonchev–Trinajstić information content (AvgIpc) is 0. The molecule has 0 aromatic heterocycles. The third-order valence-electron chi connectivity index (χ3n) is 0. The molecule has 4 radical (unpaired) electrons. The van der Waals surface area contributed by atoms with E-state index in [0.717, 1.165) is 0 Å². The number of halogens is 4. The van der Waals surface area contributed by atoms with Crippen molar-refractivity contribution in [1.29, 1.82) is 0 Å². The fraction of sp³-hybridized carbons (Fsp3) is 0. The molecule has 0 aliphatic rings. The van der Waals surface area contributed by atoms with Crippen LogP contribution in [0.1, 0.15) is 0 Å². The quantitative estimate of drug-likeness (QED) is 0.173. The Kier molecular flexibility index (Phi) is 183. The summed E-state index contributed by atoms with van der Waals surface area (Å²) in [5.41, 5.74) is 0. The first-order valence-corrected chi connectivity index (χ1v) is 0. The van der Waals surface area contributed by atoms with Crippen LogP contribution in [0.5, 0.6) is 0 Å². The molecule has 0 N–H and O–H groups in total. The van der Waals surface area contributed by atoms with Crippen molar-refractivity contribution < 1.29 is 95.9 Å². The van der Waals surface area contributed by atoms with Gasteiger partial charge in [0.05, 0.1) is 0 Å². The second-order valence-corrected chi connectivity index (χ2v) is 0. The molecule has 0 aromatic carbocycles. The van der Waals surface area contributed by atoms with Crippen LogP contribution < -0.4 is 95.9 Å². The molecule has 0 saturated carbocycles. The fourth-order valence-electron chi connectivity index (χ4n) is 0. The molecular formula is I4Pb-4. The molecule has 0 nitrogen and oxygen atoms in total. The van der Waals surface area contributed by atoms with Crippen LogP contribution in [0.25, 0.3) is 0 Å². The molecule has 36 valence electrons. The van der Waals surface area contributed by atoms with E-state index < -0.39 is 0 Å². The summed E-state index contributed by atoms with van der Waals surface area (Å²) in [6, 6.07) is 0. The summed E-state index contributed by atoms with van der Waals surface area (Å²) in [7, 11) is 0. The normalized spacial score (nSPS) is 0. The van der Waals surface area contributed by atoms with E-state index in [1.807, 2.05) is 0 Å². The van der Waals surface area contributed by atoms with E-state index >= 15 is 0 Å². The number of rotatable bonds is 0. The van der Waals surface area contributed by atoms with E-state index in [0.29, 0.717) is 0 Å². The van der Waals surface area contributed by atoms with Crippen LogP contribution in [0.15, 0.2) is 0 Å². The maximum atomic E-state index is 0. The van der Waals surface area contributed by atoms with E-state index in [9.17, 15) is 0 Å². The van der Waals surface area contributed by atoms with Gasteiger partial charge < -0.3 is 95.9 Å². The predicted octanol–water partition coefficient (Wildman–Crippen LogP) is -12.4. The molecule has 0 unspecified atom stereocenters. The van der Waals surface area contributed by atoms with Crippen molar-refractivity contribution in [2.45, 2.75) is 0 Å². The summed E-state index contributed by atoms with van der Waals surface area (Å²) < 4.78 is 0. The molecule has 0 bridgehead atoms. The minimum Gasteiger partial charge on any atom is -1.00 e. The van der Waals surface area contributed by atoms with Gasteiger partial charge in [0.25, 0.3) is 0 Å². The Morgan fingerprint density at radius 3 is 0.400 bits per heavy atom. The molecule has 0 heterocycles. The predicted molar refractivity (Wildman–Crippen MR) is 5.75 cm³/mol. The van der Waals surface area contributed by atoms with Gasteiger partial charge in [0.1, 0.15) is 0 Å². The van der Waals surface area contributed by atoms with Crippen LogP contribution in [0.2, 0.25) is 0 Å². The second-order valence-electron chi connectivity index (χ2n) is 0. The summed E-state index contributed by atoms with van der Waals surface area (Å²) in [6.45, 7) is 0. The Hall–Kier alpha value is 3.84. The topological polar surface area (TPSA) is 0 Å². The van der Waals surface area contributed by atoms with Crippen molar-refractivity contribution in [1.82, 2.24) is 0 Å². The van der Waals surface area contributed by atoms with E-state index in [1.54, 1.807) is 0 Å². The van der Waals surface area contributed by atoms with Crippen molar-refractivity contribution in [3.8, 4) is 0 Å². The molecule has 5 heteroatoms. The Bertz CT molecular complexity index is 3.61. The first-order valence-electron chi connectivity index (χ1n) is 0. The van der Waals surface area contributed by atoms with Crippen molar-refractivity contribution in [3.63, 3.8) is 0 Å². The van der Waals surface area contributed by atoms with Crippen LogP contribution in [-0.2, 0) is 0 Å². The van der Waals surface area contributed by atoms with E-state index in [4.69, 9.17) is 0 Å². The van der Waals surface area contributed by atoms with Crippen molar-refractivity contribution in [3.05, 3.63) is 0 Å². The standard InChI is InChI=1S/4HI.Pb/h4*1H;/p-4. The Balaban J connectivity index is 0. The summed E-state index contributed by atoms with van der Waals surface area (Å²) in [6.07, 6.45) is 0. The summed E-state index contributed by atoms with van der Waals surface area (Å²) in [5.74, 6) is 0. The minimum absolute atomic E-state index is 0. The fourth-order valence-corrected chi connectivity index (χ4v) is 0. The molecule has 0 aliphatic heterocycles. The summed E-state index contributed by atoms with van der Waals surface area (Å²) >= 11 is 0. The first-order chi connectivity index (χ1) is 0. The number of hydrogen-bond donors (Lipinski definition) is 0. The van der Waals surface area contributed by atoms with Gasteiger partial charge >= 0.3 is 0 Å². The first kappa shape index (κ1) is 36.8. The Morgan fingerprint density at radius 2 is 0.400 bits per heavy atom. The second kappa shape index (κ2) is 24.9. The molecule has 0 aromatic rings. The molecule has 0 atom stereocenters. The largest absolute Gasteiger partial charge is 1.00 e. The molecule has 0 saturated heterocycles. The third-order valence-corrected chi connectivity index (χ3v) is 0. The molecule has 5 heavy (non-hydrogen) atoms. The monoisotopic (exact) mass is 716 g/mol. The van der Waals surface area contributed by atoms with E-state index in [2.05, 4.69) is 0 Å². The SMILES string of the molecule is [I-].[I-].[I-].[I-].[Pb]. The molecule has 0 aliphatic carbocycles. The van der Waals surface area contributed by atoms with Gasteiger partial charge in [-0.15, -0.1) is 0 Å². The van der Waals surface area contributed by atoms with Gasteiger partial charge in [-0.05, 0) is 0 Å².